The van der Waals surface area contributed by atoms with E-state index in [1.807, 2.05) is 158 Å². The van der Waals surface area contributed by atoms with E-state index in [-0.39, 0.29) is 35.5 Å². The van der Waals surface area contributed by atoms with Crippen LogP contribution < -0.4 is 9.80 Å². The van der Waals surface area contributed by atoms with Gasteiger partial charge < -0.3 is 9.80 Å². The SMILES string of the molecule is [2H]c1c([2H])c([2H])c(N(c2ccccc2)c2ccc(-c3ccc(-c4nc5ccccc5n4-c4ccc(-c5ccc(N(c6ccccc6)c6c([2H])c([2H])c([2H])c([2H])c6[2H])cc5)cc4)cc3)cc2)c([2H])c1[2H]. The molecule has 10 rings (SSSR count). The summed E-state index contributed by atoms with van der Waals surface area (Å²) in [5.41, 5.74) is 10.1. The Morgan fingerprint density at radius 2 is 0.712 bits per heavy atom. The van der Waals surface area contributed by atoms with Gasteiger partial charge in [0.1, 0.15) is 5.82 Å². The maximum atomic E-state index is 8.73. The molecule has 0 saturated carbocycles. The van der Waals surface area contributed by atoms with E-state index in [4.69, 9.17) is 18.7 Å². The Hall–Kier alpha value is -7.95. The molecule has 0 spiro atoms. The lowest BCUT2D eigenvalue weighted by atomic mass is 10.0. The van der Waals surface area contributed by atoms with Gasteiger partial charge in [0, 0.05) is 45.4 Å². The van der Waals surface area contributed by atoms with Gasteiger partial charge in [0.15, 0.2) is 0 Å². The minimum Gasteiger partial charge on any atom is -0.311 e. The first kappa shape index (κ1) is 26.1. The quantitative estimate of drug-likeness (QED) is 0.139. The largest absolute Gasteiger partial charge is 0.311 e. The number of nitrogens with zero attached hydrogens (tertiary/aromatic N) is 4. The fraction of sp³-hybridized carbons (Fsp3) is 0. The molecule has 0 N–H and O–H groups in total. The Morgan fingerprint density at radius 1 is 0.339 bits per heavy atom. The van der Waals surface area contributed by atoms with Crippen LogP contribution in [0.1, 0.15) is 13.7 Å². The summed E-state index contributed by atoms with van der Waals surface area (Å²) in [4.78, 5) is 8.47. The highest BCUT2D eigenvalue weighted by Gasteiger charge is 2.17. The van der Waals surface area contributed by atoms with Crippen LogP contribution in [0.3, 0.4) is 0 Å². The van der Waals surface area contributed by atoms with Crippen molar-refractivity contribution in [3.05, 3.63) is 242 Å². The van der Waals surface area contributed by atoms with Crippen molar-refractivity contribution >= 4 is 45.2 Å². The number of fused-ring (bicyclic) bond motifs is 1. The van der Waals surface area contributed by atoms with Crippen molar-refractivity contribution in [3.8, 4) is 39.3 Å². The van der Waals surface area contributed by atoms with Crippen LogP contribution in [-0.4, -0.2) is 9.55 Å². The second-order valence-electron chi connectivity index (χ2n) is 13.8. The second-order valence-corrected chi connectivity index (χ2v) is 13.8. The normalized spacial score (nSPS) is 13.4. The van der Waals surface area contributed by atoms with Crippen LogP contribution >= 0.6 is 0 Å². The van der Waals surface area contributed by atoms with Crippen LogP contribution in [-0.2, 0) is 0 Å². The standard InChI is InChI=1S/C55H40N4/c1-5-15-46(16-6-1)57(47-17-7-2-8-18-47)50-35-29-42(30-36-50)41-25-27-45(28-26-41)55-56-53-23-13-14-24-54(53)59(55)52-39-33-44(34-40-52)43-31-37-51(38-32-43)58(48-19-9-3-10-20-48)49-21-11-4-12-22-49/h1-40H/i1D,3D,5D,6D,9D,10D,15D,16D,19D,20D. The zero-order valence-corrected chi connectivity index (χ0v) is 31.6. The molecule has 10 aromatic rings. The summed E-state index contributed by atoms with van der Waals surface area (Å²) in [6.45, 7) is 0. The van der Waals surface area contributed by atoms with Gasteiger partial charge in [-0.05, 0) is 119 Å². The van der Waals surface area contributed by atoms with E-state index < -0.39 is 36.3 Å². The van der Waals surface area contributed by atoms with Crippen molar-refractivity contribution in [2.24, 2.45) is 0 Å². The third-order valence-electron chi connectivity index (χ3n) is 10.2. The van der Waals surface area contributed by atoms with Crippen LogP contribution in [0.25, 0.3) is 50.4 Å². The number of benzene rings is 9. The number of aromatic nitrogens is 2. The van der Waals surface area contributed by atoms with Crippen LogP contribution in [0.5, 0.6) is 0 Å². The monoisotopic (exact) mass is 766 g/mol. The first-order chi connectivity index (χ1) is 33.4. The van der Waals surface area contributed by atoms with Crippen molar-refractivity contribution in [3.63, 3.8) is 0 Å². The molecule has 1 aromatic heterocycles. The summed E-state index contributed by atoms with van der Waals surface area (Å²) in [5.74, 6) is 0.765. The van der Waals surface area contributed by atoms with Gasteiger partial charge >= 0.3 is 0 Å². The molecule has 0 aliphatic rings. The van der Waals surface area contributed by atoms with Crippen LogP contribution in [0.2, 0.25) is 0 Å². The number of imidazole rings is 1. The Bertz CT molecular complexity index is 3470. The van der Waals surface area contributed by atoms with Gasteiger partial charge in [-0.1, -0.05) is 145 Å². The fourth-order valence-electron chi connectivity index (χ4n) is 7.38. The highest BCUT2D eigenvalue weighted by molar-refractivity contribution is 5.85. The molecule has 0 atom stereocenters. The lowest BCUT2D eigenvalue weighted by molar-refractivity contribution is 1.10. The van der Waals surface area contributed by atoms with Crippen molar-refractivity contribution in [2.45, 2.75) is 0 Å². The third kappa shape index (κ3) is 7.16. The number of hydrogen-bond donors (Lipinski definition) is 0. The average molecular weight is 767 g/mol. The molecule has 4 nitrogen and oxygen atoms in total. The van der Waals surface area contributed by atoms with E-state index in [2.05, 4.69) is 28.8 Å². The molecular weight excluding hydrogens is 717 g/mol. The minimum absolute atomic E-state index is 0.0689. The number of para-hydroxylation sites is 6. The lowest BCUT2D eigenvalue weighted by Crippen LogP contribution is -2.09. The molecule has 0 aliphatic carbocycles. The molecule has 0 unspecified atom stereocenters. The van der Waals surface area contributed by atoms with Gasteiger partial charge in [0.25, 0.3) is 0 Å². The molecule has 0 saturated heterocycles. The molecular formula is C55H40N4. The van der Waals surface area contributed by atoms with Gasteiger partial charge in [0.2, 0.25) is 0 Å². The average Bonchev–Trinajstić information content (AvgIpc) is 3.79. The van der Waals surface area contributed by atoms with Crippen molar-refractivity contribution in [2.75, 3.05) is 9.80 Å². The lowest BCUT2D eigenvalue weighted by Gasteiger charge is -2.25. The van der Waals surface area contributed by atoms with Crippen molar-refractivity contribution in [1.29, 1.82) is 0 Å². The molecule has 0 radical (unpaired) electrons. The predicted molar refractivity (Wildman–Crippen MR) is 247 cm³/mol. The maximum Gasteiger partial charge on any atom is 0.145 e. The van der Waals surface area contributed by atoms with Gasteiger partial charge in [-0.2, -0.15) is 0 Å². The smallest absolute Gasteiger partial charge is 0.145 e. The first-order valence-electron chi connectivity index (χ1n) is 24.1. The Balaban J connectivity index is 0.946. The topological polar surface area (TPSA) is 24.3 Å². The number of anilines is 6. The summed E-state index contributed by atoms with van der Waals surface area (Å²) in [5, 5.41) is 0. The van der Waals surface area contributed by atoms with E-state index >= 15 is 0 Å². The predicted octanol–water partition coefficient (Wildman–Crippen LogP) is 15.0. The van der Waals surface area contributed by atoms with Crippen LogP contribution in [0.15, 0.2) is 242 Å². The molecule has 0 amide bonds. The zero-order chi connectivity index (χ0) is 48.1. The Labute approximate surface area is 359 Å². The summed E-state index contributed by atoms with van der Waals surface area (Å²) >= 11 is 0. The summed E-state index contributed by atoms with van der Waals surface area (Å²) in [6.07, 6.45) is 0. The molecule has 0 fully saturated rings. The van der Waals surface area contributed by atoms with E-state index in [0.717, 1.165) is 50.4 Å². The molecule has 1 heterocycles. The van der Waals surface area contributed by atoms with Crippen molar-refractivity contribution < 1.29 is 13.7 Å². The number of hydrogen-bond acceptors (Lipinski definition) is 3. The zero-order valence-electron chi connectivity index (χ0n) is 41.6. The summed E-state index contributed by atoms with van der Waals surface area (Å²) in [7, 11) is 0. The fourth-order valence-corrected chi connectivity index (χ4v) is 7.38. The molecule has 4 heteroatoms. The highest BCUT2D eigenvalue weighted by atomic mass is 15.1. The van der Waals surface area contributed by atoms with E-state index in [9.17, 15) is 0 Å². The van der Waals surface area contributed by atoms with Crippen molar-refractivity contribution in [1.82, 2.24) is 9.55 Å². The van der Waals surface area contributed by atoms with E-state index in [0.29, 0.717) is 22.7 Å². The Morgan fingerprint density at radius 3 is 1.19 bits per heavy atom. The molecule has 0 bridgehead atoms. The molecule has 9 aromatic carbocycles. The first-order valence-corrected chi connectivity index (χ1v) is 19.1. The van der Waals surface area contributed by atoms with Gasteiger partial charge in [-0.25, -0.2) is 4.98 Å². The minimum atomic E-state index is -0.443. The maximum absolute atomic E-state index is 8.73. The molecule has 280 valence electrons. The van der Waals surface area contributed by atoms with Crippen LogP contribution in [0, 0.1) is 0 Å². The highest BCUT2D eigenvalue weighted by Crippen LogP contribution is 2.38. The summed E-state index contributed by atoms with van der Waals surface area (Å²) < 4.78 is 86.7. The number of rotatable bonds is 10. The van der Waals surface area contributed by atoms with E-state index in [1.165, 1.54) is 0 Å². The third-order valence-corrected chi connectivity index (χ3v) is 10.2. The summed E-state index contributed by atoms with van der Waals surface area (Å²) in [6, 6.07) is 54.6. The Kier molecular flexibility index (Phi) is 7.02. The van der Waals surface area contributed by atoms with Gasteiger partial charge in [-0.15, -0.1) is 0 Å². The molecule has 59 heavy (non-hydrogen) atoms. The van der Waals surface area contributed by atoms with Crippen LogP contribution in [0.4, 0.5) is 34.1 Å². The van der Waals surface area contributed by atoms with E-state index in [1.54, 1.807) is 9.80 Å². The van der Waals surface area contributed by atoms with Gasteiger partial charge in [0.05, 0.1) is 24.7 Å². The molecule has 0 aliphatic heterocycles. The second kappa shape index (κ2) is 15.9. The van der Waals surface area contributed by atoms with Gasteiger partial charge in [-0.3, -0.25) is 4.57 Å².